The molecule has 0 radical (unpaired) electrons. The van der Waals surface area contributed by atoms with Crippen LogP contribution in [0.2, 0.25) is 0 Å². The molecule has 0 aliphatic carbocycles. The number of alkyl halides is 3. The van der Waals surface area contributed by atoms with Crippen molar-refractivity contribution in [1.82, 2.24) is 14.4 Å². The minimum atomic E-state index is -4.47. The Kier molecular flexibility index (Phi) is 1.99. The van der Waals surface area contributed by atoms with E-state index in [9.17, 15) is 13.2 Å². The van der Waals surface area contributed by atoms with E-state index in [1.54, 1.807) is 0 Å². The molecule has 2 aromatic heterocycles. The summed E-state index contributed by atoms with van der Waals surface area (Å²) < 4.78 is 38.2. The van der Waals surface area contributed by atoms with Gasteiger partial charge in [-0.15, -0.1) is 0 Å². The maximum atomic E-state index is 12.4. The van der Waals surface area contributed by atoms with Crippen molar-refractivity contribution in [1.29, 1.82) is 0 Å². The summed E-state index contributed by atoms with van der Waals surface area (Å²) in [4.78, 5) is 7.12. The highest BCUT2D eigenvalue weighted by molar-refractivity contribution is 9.10. The lowest BCUT2D eigenvalue weighted by Crippen LogP contribution is -2.10. The summed E-state index contributed by atoms with van der Waals surface area (Å²) in [6.45, 7) is 0. The van der Waals surface area contributed by atoms with Crippen LogP contribution in [-0.4, -0.2) is 14.4 Å². The molecule has 2 rings (SSSR count). The van der Waals surface area contributed by atoms with Crippen molar-refractivity contribution >= 4 is 21.6 Å². The van der Waals surface area contributed by atoms with Crippen LogP contribution >= 0.6 is 15.9 Å². The number of hydrogen-bond acceptors (Lipinski definition) is 2. The average Bonchev–Trinajstić information content (AvgIpc) is 2.44. The molecule has 0 unspecified atom stereocenters. The molecule has 0 atom stereocenters. The SMILES string of the molecule is FC(F)(F)c1nc(Br)c2ncccn12. The normalized spacial score (nSPS) is 12.3. The number of rotatable bonds is 0. The molecule has 0 amide bonds. The molecule has 3 nitrogen and oxygen atoms in total. The van der Waals surface area contributed by atoms with Gasteiger partial charge in [-0.1, -0.05) is 0 Å². The zero-order valence-electron chi connectivity index (χ0n) is 6.59. The van der Waals surface area contributed by atoms with Crippen molar-refractivity contribution in [2.45, 2.75) is 6.18 Å². The molecule has 0 aliphatic rings. The first-order chi connectivity index (χ1) is 6.50. The first-order valence-corrected chi connectivity index (χ1v) is 4.35. The molecular weight excluding hydrogens is 263 g/mol. The summed E-state index contributed by atoms with van der Waals surface area (Å²) in [7, 11) is 0. The summed E-state index contributed by atoms with van der Waals surface area (Å²) >= 11 is 2.92. The van der Waals surface area contributed by atoms with Gasteiger partial charge in [-0.3, -0.25) is 4.40 Å². The smallest absolute Gasteiger partial charge is 0.279 e. The van der Waals surface area contributed by atoms with Gasteiger partial charge < -0.3 is 0 Å². The van der Waals surface area contributed by atoms with Gasteiger partial charge in [0.05, 0.1) is 0 Å². The highest BCUT2D eigenvalue weighted by atomic mass is 79.9. The van der Waals surface area contributed by atoms with E-state index in [0.29, 0.717) is 0 Å². The zero-order chi connectivity index (χ0) is 10.3. The Balaban J connectivity index is 2.80. The maximum absolute atomic E-state index is 12.4. The van der Waals surface area contributed by atoms with E-state index in [-0.39, 0.29) is 10.3 Å². The molecular formula is C7H3BrF3N3. The molecule has 0 bridgehead atoms. The van der Waals surface area contributed by atoms with Crippen molar-refractivity contribution in [3.05, 3.63) is 28.9 Å². The monoisotopic (exact) mass is 265 g/mol. The molecule has 2 aromatic rings. The number of halogens is 4. The van der Waals surface area contributed by atoms with Crippen LogP contribution in [0.15, 0.2) is 23.1 Å². The second kappa shape index (κ2) is 2.94. The molecule has 14 heavy (non-hydrogen) atoms. The number of imidazole rings is 1. The summed E-state index contributed by atoms with van der Waals surface area (Å²) in [5.74, 6) is -0.979. The van der Waals surface area contributed by atoms with E-state index in [4.69, 9.17) is 0 Å². The van der Waals surface area contributed by atoms with Gasteiger partial charge in [0.1, 0.15) is 0 Å². The fraction of sp³-hybridized carbons (Fsp3) is 0.143. The molecule has 2 heterocycles. The molecule has 7 heteroatoms. The Morgan fingerprint density at radius 1 is 1.36 bits per heavy atom. The van der Waals surface area contributed by atoms with E-state index in [2.05, 4.69) is 25.9 Å². The number of nitrogens with zero attached hydrogens (tertiary/aromatic N) is 3. The van der Waals surface area contributed by atoms with Crippen LogP contribution in [0.3, 0.4) is 0 Å². The van der Waals surface area contributed by atoms with E-state index < -0.39 is 12.0 Å². The Morgan fingerprint density at radius 3 is 2.71 bits per heavy atom. The third-order valence-electron chi connectivity index (χ3n) is 1.62. The first-order valence-electron chi connectivity index (χ1n) is 3.56. The molecule has 0 saturated heterocycles. The third-order valence-corrected chi connectivity index (χ3v) is 2.15. The van der Waals surface area contributed by atoms with Crippen LogP contribution in [0.5, 0.6) is 0 Å². The molecule has 0 N–H and O–H groups in total. The second-order valence-electron chi connectivity index (χ2n) is 2.54. The van der Waals surface area contributed by atoms with Crippen molar-refractivity contribution < 1.29 is 13.2 Å². The van der Waals surface area contributed by atoms with Crippen molar-refractivity contribution in [2.24, 2.45) is 0 Å². The Labute approximate surface area is 84.7 Å². The van der Waals surface area contributed by atoms with Gasteiger partial charge in [-0.25, -0.2) is 9.97 Å². The quantitative estimate of drug-likeness (QED) is 0.733. The lowest BCUT2D eigenvalue weighted by Gasteiger charge is -2.03. The zero-order valence-corrected chi connectivity index (χ0v) is 8.17. The van der Waals surface area contributed by atoms with Gasteiger partial charge in [-0.2, -0.15) is 13.2 Å². The minimum Gasteiger partial charge on any atom is -0.279 e. The fourth-order valence-electron chi connectivity index (χ4n) is 1.09. The van der Waals surface area contributed by atoms with Crippen LogP contribution < -0.4 is 0 Å². The summed E-state index contributed by atoms with van der Waals surface area (Å²) in [6, 6.07) is 1.41. The van der Waals surface area contributed by atoms with Crippen LogP contribution in [-0.2, 0) is 6.18 Å². The molecule has 74 valence electrons. The molecule has 0 spiro atoms. The highest BCUT2D eigenvalue weighted by Crippen LogP contribution is 2.30. The van der Waals surface area contributed by atoms with E-state index in [1.807, 2.05) is 0 Å². The van der Waals surface area contributed by atoms with Crippen molar-refractivity contribution in [2.75, 3.05) is 0 Å². The summed E-state index contributed by atoms with van der Waals surface area (Å²) in [5.41, 5.74) is 0.153. The first kappa shape index (κ1) is 9.45. The number of aromatic nitrogens is 3. The largest absolute Gasteiger partial charge is 0.450 e. The van der Waals surface area contributed by atoms with E-state index in [1.165, 1.54) is 18.5 Å². The minimum absolute atomic E-state index is 0.0884. The average molecular weight is 266 g/mol. The van der Waals surface area contributed by atoms with E-state index >= 15 is 0 Å². The van der Waals surface area contributed by atoms with Gasteiger partial charge in [-0.05, 0) is 22.0 Å². The van der Waals surface area contributed by atoms with Gasteiger partial charge >= 0.3 is 6.18 Å². The Bertz CT molecular complexity index is 476. The number of hydrogen-bond donors (Lipinski definition) is 0. The van der Waals surface area contributed by atoms with Crippen LogP contribution in [0.4, 0.5) is 13.2 Å². The third kappa shape index (κ3) is 1.37. The van der Waals surface area contributed by atoms with Crippen LogP contribution in [0.1, 0.15) is 5.82 Å². The van der Waals surface area contributed by atoms with E-state index in [0.717, 1.165) is 4.40 Å². The summed E-state index contributed by atoms with van der Waals surface area (Å²) in [5, 5.41) is 0. The van der Waals surface area contributed by atoms with Gasteiger partial charge in [0.15, 0.2) is 10.3 Å². The topological polar surface area (TPSA) is 30.2 Å². The molecule has 0 aliphatic heterocycles. The molecule has 0 fully saturated rings. The van der Waals surface area contributed by atoms with Crippen molar-refractivity contribution in [3.63, 3.8) is 0 Å². The van der Waals surface area contributed by atoms with Crippen LogP contribution in [0, 0.1) is 0 Å². The maximum Gasteiger partial charge on any atom is 0.450 e. The molecule has 0 saturated carbocycles. The lowest BCUT2D eigenvalue weighted by atomic mass is 10.5. The lowest BCUT2D eigenvalue weighted by molar-refractivity contribution is -0.145. The van der Waals surface area contributed by atoms with Gasteiger partial charge in [0.2, 0.25) is 5.82 Å². The van der Waals surface area contributed by atoms with Crippen molar-refractivity contribution in [3.8, 4) is 0 Å². The Hall–Kier alpha value is -1.11. The predicted molar refractivity (Wildman–Crippen MR) is 45.7 cm³/mol. The predicted octanol–water partition coefficient (Wildman–Crippen LogP) is 2.51. The van der Waals surface area contributed by atoms with Crippen LogP contribution in [0.25, 0.3) is 5.65 Å². The second-order valence-corrected chi connectivity index (χ2v) is 3.29. The number of fused-ring (bicyclic) bond motifs is 1. The van der Waals surface area contributed by atoms with Gasteiger partial charge in [0.25, 0.3) is 0 Å². The summed E-state index contributed by atoms with van der Waals surface area (Å²) in [6.07, 6.45) is -1.80. The highest BCUT2D eigenvalue weighted by Gasteiger charge is 2.37. The fourth-order valence-corrected chi connectivity index (χ4v) is 1.55. The Morgan fingerprint density at radius 2 is 2.07 bits per heavy atom. The standard InChI is InChI=1S/C7H3BrF3N3/c8-4-5-12-2-1-3-14(5)6(13-4)7(9,10)11/h1-3H. The molecule has 0 aromatic carbocycles. The van der Waals surface area contributed by atoms with Gasteiger partial charge in [0, 0.05) is 12.4 Å².